The summed E-state index contributed by atoms with van der Waals surface area (Å²) in [5.41, 5.74) is 3.29. The van der Waals surface area contributed by atoms with Gasteiger partial charge in [-0.15, -0.1) is 0 Å². The molecule has 0 spiro atoms. The van der Waals surface area contributed by atoms with Crippen LogP contribution in [0.1, 0.15) is 15.9 Å². The molecule has 0 saturated carbocycles. The van der Waals surface area contributed by atoms with Gasteiger partial charge in [-0.25, -0.2) is 22.4 Å². The third-order valence-corrected chi connectivity index (χ3v) is 9.36. The number of nitrogens with zero attached hydrogens (tertiary/aromatic N) is 5. The van der Waals surface area contributed by atoms with Crippen molar-refractivity contribution in [2.75, 3.05) is 36.6 Å². The number of nitriles is 1. The van der Waals surface area contributed by atoms with E-state index < -0.39 is 10.0 Å². The van der Waals surface area contributed by atoms with E-state index in [4.69, 9.17) is 0 Å². The summed E-state index contributed by atoms with van der Waals surface area (Å²) < 4.78 is 28.5. The van der Waals surface area contributed by atoms with Crippen LogP contribution < -0.4 is 16.0 Å². The summed E-state index contributed by atoms with van der Waals surface area (Å²) in [6.07, 6.45) is 6.07. The molecule has 2 amide bonds. The number of carbonyl (C=O) groups is 2. The van der Waals surface area contributed by atoms with Gasteiger partial charge < -0.3 is 20.9 Å². The molecule has 2 aromatic heterocycles. The molecule has 0 aliphatic carbocycles. The number of rotatable bonds is 11. The maximum atomic E-state index is 13.7. The van der Waals surface area contributed by atoms with Gasteiger partial charge in [-0.3, -0.25) is 9.59 Å². The van der Waals surface area contributed by atoms with Crippen LogP contribution in [-0.4, -0.2) is 59.7 Å². The summed E-state index contributed by atoms with van der Waals surface area (Å²) in [4.78, 5) is 36.2. The van der Waals surface area contributed by atoms with Crippen molar-refractivity contribution in [3.05, 3.63) is 139 Å². The first-order chi connectivity index (χ1) is 24.6. The van der Waals surface area contributed by atoms with Gasteiger partial charge >= 0.3 is 0 Å². The van der Waals surface area contributed by atoms with Crippen molar-refractivity contribution in [3.8, 4) is 17.3 Å². The summed E-state index contributed by atoms with van der Waals surface area (Å²) >= 11 is 0. The molecule has 0 radical (unpaired) electrons. The minimum Gasteiger partial charge on any atom is -0.324 e. The zero-order valence-corrected chi connectivity index (χ0v) is 28.4. The van der Waals surface area contributed by atoms with Crippen molar-refractivity contribution in [1.29, 1.82) is 5.26 Å². The summed E-state index contributed by atoms with van der Waals surface area (Å²) in [6, 6.07) is 30.7. The predicted octanol–water partition coefficient (Wildman–Crippen LogP) is 6.26. The number of amides is 2. The quantitative estimate of drug-likeness (QED) is 0.133. The Morgan fingerprint density at radius 3 is 2.35 bits per heavy atom. The smallest absolute Gasteiger partial charge is 0.268 e. The lowest BCUT2D eigenvalue weighted by Gasteiger charge is -2.10. The van der Waals surface area contributed by atoms with Gasteiger partial charge in [-0.2, -0.15) is 5.26 Å². The van der Waals surface area contributed by atoms with Gasteiger partial charge in [0.1, 0.15) is 6.07 Å². The van der Waals surface area contributed by atoms with Crippen LogP contribution in [0.15, 0.2) is 133 Å². The van der Waals surface area contributed by atoms with Gasteiger partial charge in [-0.1, -0.05) is 48.5 Å². The molecule has 254 valence electrons. The van der Waals surface area contributed by atoms with E-state index in [9.17, 15) is 23.3 Å². The fraction of sp³-hybridized carbons (Fsp3) is 0.0789. The molecule has 6 aromatic rings. The van der Waals surface area contributed by atoms with Crippen LogP contribution in [0.4, 0.5) is 23.0 Å². The highest BCUT2D eigenvalue weighted by Gasteiger charge is 2.23. The molecule has 6 rings (SSSR count). The Morgan fingerprint density at radius 1 is 0.882 bits per heavy atom. The highest BCUT2D eigenvalue weighted by atomic mass is 32.2. The third-order valence-electron chi connectivity index (χ3n) is 7.67. The number of aromatic nitrogens is 3. The van der Waals surface area contributed by atoms with E-state index >= 15 is 0 Å². The molecule has 4 aromatic carbocycles. The van der Waals surface area contributed by atoms with E-state index in [1.54, 1.807) is 97.1 Å². The van der Waals surface area contributed by atoms with E-state index in [0.29, 0.717) is 45.6 Å². The molecule has 0 aliphatic heterocycles. The Hall–Kier alpha value is -6.62. The average Bonchev–Trinajstić information content (AvgIpc) is 3.53. The summed E-state index contributed by atoms with van der Waals surface area (Å²) in [7, 11) is -0.142. The standard InChI is InChI=1S/C38H32N8O4S/c1-45(2)21-9-16-35(47)41-28-19-17-26(18-20-28)37(48)42-29-10-8-11-30(22-29)43-38-40-24-27(23-39)36(44-38)33-25-46(34-15-7-6-14-32(33)34)51(49,50)31-12-4-3-5-13-31/h3-20,22,24-25H,21H2,1-2H3,(H,41,47)(H,42,48)(H,40,43,44)/b16-9+. The van der Waals surface area contributed by atoms with Gasteiger partial charge in [-0.05, 0) is 74.8 Å². The van der Waals surface area contributed by atoms with Crippen LogP contribution in [0.2, 0.25) is 0 Å². The molecule has 0 aliphatic rings. The van der Waals surface area contributed by atoms with Crippen LogP contribution >= 0.6 is 0 Å². The van der Waals surface area contributed by atoms with Crippen molar-refractivity contribution in [2.24, 2.45) is 0 Å². The maximum absolute atomic E-state index is 13.7. The Balaban J connectivity index is 1.21. The number of hydrogen-bond acceptors (Lipinski definition) is 9. The molecule has 3 N–H and O–H groups in total. The van der Waals surface area contributed by atoms with E-state index in [2.05, 4.69) is 32.0 Å². The lowest BCUT2D eigenvalue weighted by atomic mass is 10.1. The Bertz CT molecular complexity index is 2420. The molecule has 0 atom stereocenters. The van der Waals surface area contributed by atoms with Crippen LogP contribution in [0.5, 0.6) is 0 Å². The van der Waals surface area contributed by atoms with E-state index in [1.165, 1.54) is 34.6 Å². The van der Waals surface area contributed by atoms with Crippen LogP contribution in [0.25, 0.3) is 22.2 Å². The monoisotopic (exact) mass is 696 g/mol. The number of para-hydroxylation sites is 1. The van der Waals surface area contributed by atoms with E-state index in [1.807, 2.05) is 19.0 Å². The molecular weight excluding hydrogens is 665 g/mol. The zero-order chi connectivity index (χ0) is 36.0. The van der Waals surface area contributed by atoms with Gasteiger partial charge in [0.2, 0.25) is 11.9 Å². The summed E-state index contributed by atoms with van der Waals surface area (Å²) in [5.74, 6) is -0.460. The summed E-state index contributed by atoms with van der Waals surface area (Å²) in [5, 5.41) is 19.3. The Kier molecular flexibility index (Phi) is 9.99. The first-order valence-electron chi connectivity index (χ1n) is 15.7. The molecule has 0 fully saturated rings. The largest absolute Gasteiger partial charge is 0.324 e. The second-order valence-electron chi connectivity index (χ2n) is 11.6. The fourth-order valence-electron chi connectivity index (χ4n) is 5.24. The van der Waals surface area contributed by atoms with Crippen LogP contribution in [-0.2, 0) is 14.8 Å². The maximum Gasteiger partial charge on any atom is 0.268 e. The lowest BCUT2D eigenvalue weighted by Crippen LogP contribution is -2.13. The summed E-state index contributed by atoms with van der Waals surface area (Å²) in [6.45, 7) is 0.640. The highest BCUT2D eigenvalue weighted by Crippen LogP contribution is 2.34. The minimum absolute atomic E-state index is 0.125. The Morgan fingerprint density at radius 2 is 1.61 bits per heavy atom. The second kappa shape index (κ2) is 14.9. The first kappa shape index (κ1) is 34.3. The number of nitrogens with one attached hydrogen (secondary N) is 3. The highest BCUT2D eigenvalue weighted by molar-refractivity contribution is 7.90. The topological polar surface area (TPSA) is 162 Å². The zero-order valence-electron chi connectivity index (χ0n) is 27.6. The molecule has 0 saturated heterocycles. The van der Waals surface area contributed by atoms with Crippen molar-refractivity contribution >= 4 is 55.8 Å². The van der Waals surface area contributed by atoms with Crippen molar-refractivity contribution in [2.45, 2.75) is 4.90 Å². The SMILES string of the molecule is CN(C)C/C=C/C(=O)Nc1ccc(C(=O)Nc2cccc(Nc3ncc(C#N)c(-c4cn(S(=O)(=O)c5ccccc5)c5ccccc45)n3)c2)cc1. The number of fused-ring (bicyclic) bond motifs is 1. The second-order valence-corrected chi connectivity index (χ2v) is 13.4. The molecule has 51 heavy (non-hydrogen) atoms. The predicted molar refractivity (Wildman–Crippen MR) is 197 cm³/mol. The average molecular weight is 697 g/mol. The molecule has 0 bridgehead atoms. The number of benzene rings is 4. The Labute approximate surface area is 294 Å². The third kappa shape index (κ3) is 7.83. The lowest BCUT2D eigenvalue weighted by molar-refractivity contribution is -0.111. The van der Waals surface area contributed by atoms with Gasteiger partial charge in [0, 0.05) is 52.4 Å². The minimum atomic E-state index is -3.96. The molecule has 12 nitrogen and oxygen atoms in total. The van der Waals surface area contributed by atoms with Crippen LogP contribution in [0.3, 0.4) is 0 Å². The van der Waals surface area contributed by atoms with Gasteiger partial charge in [0.05, 0.1) is 27.9 Å². The fourth-order valence-corrected chi connectivity index (χ4v) is 6.63. The van der Waals surface area contributed by atoms with Crippen LogP contribution in [0, 0.1) is 11.3 Å². The molecule has 13 heteroatoms. The van der Waals surface area contributed by atoms with Gasteiger partial charge in [0.15, 0.2) is 0 Å². The number of anilines is 4. The number of carbonyl (C=O) groups excluding carboxylic acids is 2. The van der Waals surface area contributed by atoms with Crippen molar-refractivity contribution in [1.82, 2.24) is 18.8 Å². The molecule has 2 heterocycles. The normalized spacial score (nSPS) is 11.4. The molecular formula is C38H32N8O4S. The molecule has 0 unspecified atom stereocenters. The van der Waals surface area contributed by atoms with Gasteiger partial charge in [0.25, 0.3) is 15.9 Å². The van der Waals surface area contributed by atoms with E-state index in [-0.39, 0.29) is 33.9 Å². The van der Waals surface area contributed by atoms with Crippen molar-refractivity contribution < 1.29 is 18.0 Å². The number of likely N-dealkylation sites (N-methyl/N-ethyl adjacent to an activating group) is 1. The first-order valence-corrected chi connectivity index (χ1v) is 17.2. The number of hydrogen-bond donors (Lipinski definition) is 3. The van der Waals surface area contributed by atoms with Crippen molar-refractivity contribution in [3.63, 3.8) is 0 Å². The van der Waals surface area contributed by atoms with E-state index in [0.717, 1.165) is 0 Å².